The molecule has 0 aromatic rings. The molecule has 0 saturated heterocycles. The second-order valence-electron chi connectivity index (χ2n) is 2.49. The summed E-state index contributed by atoms with van der Waals surface area (Å²) in [5.41, 5.74) is 0. The number of hydrogen-bond donors (Lipinski definition) is 2. The Morgan fingerprint density at radius 2 is 2.17 bits per heavy atom. The zero-order chi connectivity index (χ0) is 9.56. The van der Waals surface area contributed by atoms with Crippen LogP contribution in [0.3, 0.4) is 0 Å². The summed E-state index contributed by atoms with van der Waals surface area (Å²) in [6.45, 7) is 1.76. The monoisotopic (exact) mass is 181 g/mol. The number of rotatable bonds is 5. The van der Waals surface area contributed by atoms with Gasteiger partial charge in [-0.05, 0) is 6.42 Å². The predicted molar refractivity (Wildman–Crippen MR) is 39.9 cm³/mol. The van der Waals surface area contributed by atoms with E-state index in [2.05, 4.69) is 0 Å². The first kappa shape index (κ1) is 11.3. The topological polar surface area (TPSA) is 49.3 Å². The summed E-state index contributed by atoms with van der Waals surface area (Å²) in [6.07, 6.45) is -2.47. The third-order valence-corrected chi connectivity index (χ3v) is 1.33. The summed E-state index contributed by atoms with van der Waals surface area (Å²) in [7, 11) is 0. The molecule has 5 heteroatoms. The molecule has 1 amide bonds. The standard InChI is InChI=1S/C7H13F2NO2/c1-2-3-5(11)4-10-7(12)6(8)9/h5-6,11H,2-4H2,1H3,(H,10,12). The molecule has 0 aliphatic heterocycles. The van der Waals surface area contributed by atoms with Crippen LogP contribution in [-0.2, 0) is 4.79 Å². The number of halogens is 2. The molecular formula is C7H13F2NO2. The fourth-order valence-electron chi connectivity index (χ4n) is 0.731. The van der Waals surface area contributed by atoms with E-state index in [0.717, 1.165) is 6.42 Å². The lowest BCUT2D eigenvalue weighted by atomic mass is 10.2. The molecule has 1 unspecified atom stereocenters. The van der Waals surface area contributed by atoms with Gasteiger partial charge in [0.05, 0.1) is 6.10 Å². The van der Waals surface area contributed by atoms with E-state index in [-0.39, 0.29) is 6.54 Å². The van der Waals surface area contributed by atoms with Gasteiger partial charge in [-0.25, -0.2) is 0 Å². The molecule has 0 aliphatic carbocycles. The number of carbonyl (C=O) groups excluding carboxylic acids is 1. The van der Waals surface area contributed by atoms with Crippen LogP contribution in [0.15, 0.2) is 0 Å². The number of hydrogen-bond acceptors (Lipinski definition) is 2. The summed E-state index contributed by atoms with van der Waals surface area (Å²) in [4.78, 5) is 10.3. The maximum absolute atomic E-state index is 11.6. The van der Waals surface area contributed by atoms with Crippen LogP contribution in [-0.4, -0.2) is 30.1 Å². The van der Waals surface area contributed by atoms with Crippen molar-refractivity contribution >= 4 is 5.91 Å². The lowest BCUT2D eigenvalue weighted by Crippen LogP contribution is -2.35. The van der Waals surface area contributed by atoms with Crippen LogP contribution in [0.1, 0.15) is 19.8 Å². The van der Waals surface area contributed by atoms with Gasteiger partial charge in [-0.3, -0.25) is 4.79 Å². The Morgan fingerprint density at radius 3 is 2.58 bits per heavy atom. The van der Waals surface area contributed by atoms with E-state index in [1.54, 1.807) is 0 Å². The number of aliphatic hydroxyl groups is 1. The molecule has 0 rings (SSSR count). The summed E-state index contributed by atoms with van der Waals surface area (Å²) in [5, 5.41) is 10.9. The Morgan fingerprint density at radius 1 is 1.58 bits per heavy atom. The summed E-state index contributed by atoms with van der Waals surface area (Å²) in [6, 6.07) is 0. The van der Waals surface area contributed by atoms with Gasteiger partial charge in [-0.2, -0.15) is 8.78 Å². The molecule has 12 heavy (non-hydrogen) atoms. The molecule has 0 heterocycles. The van der Waals surface area contributed by atoms with Gasteiger partial charge in [-0.1, -0.05) is 13.3 Å². The molecule has 0 fully saturated rings. The third-order valence-electron chi connectivity index (χ3n) is 1.33. The van der Waals surface area contributed by atoms with E-state index in [1.807, 2.05) is 12.2 Å². The average molecular weight is 181 g/mol. The van der Waals surface area contributed by atoms with Crippen LogP contribution in [0.25, 0.3) is 0 Å². The third kappa shape index (κ3) is 5.01. The van der Waals surface area contributed by atoms with Crippen molar-refractivity contribution in [3.05, 3.63) is 0 Å². The molecule has 3 nitrogen and oxygen atoms in total. The lowest BCUT2D eigenvalue weighted by molar-refractivity contribution is -0.132. The minimum Gasteiger partial charge on any atom is -0.391 e. The van der Waals surface area contributed by atoms with E-state index < -0.39 is 18.4 Å². The fraction of sp³-hybridized carbons (Fsp3) is 0.857. The van der Waals surface area contributed by atoms with Gasteiger partial charge >= 0.3 is 6.43 Å². The van der Waals surface area contributed by atoms with Crippen LogP contribution in [0.5, 0.6) is 0 Å². The van der Waals surface area contributed by atoms with E-state index in [1.165, 1.54) is 0 Å². The Hall–Kier alpha value is -0.710. The number of nitrogens with one attached hydrogen (secondary N) is 1. The molecule has 0 saturated carbocycles. The minimum atomic E-state index is -3.00. The molecule has 0 radical (unpaired) electrons. The highest BCUT2D eigenvalue weighted by atomic mass is 19.3. The van der Waals surface area contributed by atoms with Gasteiger partial charge in [-0.15, -0.1) is 0 Å². The SMILES string of the molecule is CCCC(O)CNC(=O)C(F)F. The van der Waals surface area contributed by atoms with Crippen molar-refractivity contribution in [2.45, 2.75) is 32.3 Å². The molecule has 72 valence electrons. The van der Waals surface area contributed by atoms with Crippen molar-refractivity contribution in [2.75, 3.05) is 6.54 Å². The molecule has 0 bridgehead atoms. The van der Waals surface area contributed by atoms with Crippen molar-refractivity contribution in [1.29, 1.82) is 0 Å². The first-order valence-electron chi connectivity index (χ1n) is 3.81. The Labute approximate surface area is 69.8 Å². The highest BCUT2D eigenvalue weighted by molar-refractivity contribution is 5.79. The Bertz CT molecular complexity index is 141. The van der Waals surface area contributed by atoms with Crippen LogP contribution in [0, 0.1) is 0 Å². The van der Waals surface area contributed by atoms with Crippen molar-refractivity contribution in [3.63, 3.8) is 0 Å². The zero-order valence-electron chi connectivity index (χ0n) is 6.89. The summed E-state index contributed by atoms with van der Waals surface area (Å²) >= 11 is 0. The van der Waals surface area contributed by atoms with Crippen LogP contribution in [0.4, 0.5) is 8.78 Å². The normalized spacial score (nSPS) is 13.1. The largest absolute Gasteiger partial charge is 0.391 e. The average Bonchev–Trinajstić information content (AvgIpc) is 2.00. The van der Waals surface area contributed by atoms with Crippen LogP contribution < -0.4 is 5.32 Å². The van der Waals surface area contributed by atoms with Gasteiger partial charge in [0.15, 0.2) is 0 Å². The quantitative estimate of drug-likeness (QED) is 0.650. The predicted octanol–water partition coefficient (Wildman–Crippen LogP) is 0.529. The molecule has 0 aliphatic rings. The molecule has 0 spiro atoms. The highest BCUT2D eigenvalue weighted by Gasteiger charge is 2.15. The fourth-order valence-corrected chi connectivity index (χ4v) is 0.731. The number of carbonyl (C=O) groups is 1. The van der Waals surface area contributed by atoms with Crippen molar-refractivity contribution in [2.24, 2.45) is 0 Å². The highest BCUT2D eigenvalue weighted by Crippen LogP contribution is 1.95. The summed E-state index contributed by atoms with van der Waals surface area (Å²) in [5.74, 6) is -1.33. The minimum absolute atomic E-state index is 0.100. The van der Waals surface area contributed by atoms with Crippen LogP contribution >= 0.6 is 0 Å². The van der Waals surface area contributed by atoms with E-state index in [9.17, 15) is 13.6 Å². The molecule has 1 atom stereocenters. The van der Waals surface area contributed by atoms with Crippen molar-refractivity contribution < 1.29 is 18.7 Å². The van der Waals surface area contributed by atoms with Crippen molar-refractivity contribution in [3.8, 4) is 0 Å². The second kappa shape index (κ2) is 5.88. The van der Waals surface area contributed by atoms with Gasteiger partial charge in [0.2, 0.25) is 0 Å². The smallest absolute Gasteiger partial charge is 0.315 e. The van der Waals surface area contributed by atoms with E-state index in [4.69, 9.17) is 5.11 Å². The van der Waals surface area contributed by atoms with Gasteiger partial charge in [0, 0.05) is 6.54 Å². The Balaban J connectivity index is 3.47. The maximum Gasteiger partial charge on any atom is 0.315 e. The first-order chi connectivity index (χ1) is 5.57. The zero-order valence-corrected chi connectivity index (χ0v) is 6.89. The Kier molecular flexibility index (Phi) is 5.53. The summed E-state index contributed by atoms with van der Waals surface area (Å²) < 4.78 is 23.1. The lowest BCUT2D eigenvalue weighted by Gasteiger charge is -2.09. The maximum atomic E-state index is 11.6. The number of amides is 1. The van der Waals surface area contributed by atoms with Gasteiger partial charge in [0.1, 0.15) is 0 Å². The van der Waals surface area contributed by atoms with E-state index in [0.29, 0.717) is 6.42 Å². The first-order valence-corrected chi connectivity index (χ1v) is 3.81. The molecule has 0 aromatic carbocycles. The number of alkyl halides is 2. The molecule has 2 N–H and O–H groups in total. The van der Waals surface area contributed by atoms with Gasteiger partial charge < -0.3 is 10.4 Å². The van der Waals surface area contributed by atoms with Crippen molar-refractivity contribution in [1.82, 2.24) is 5.32 Å². The van der Waals surface area contributed by atoms with E-state index >= 15 is 0 Å². The molecular weight excluding hydrogens is 168 g/mol. The molecule has 0 aromatic heterocycles. The number of aliphatic hydroxyl groups excluding tert-OH is 1. The second-order valence-corrected chi connectivity index (χ2v) is 2.49. The van der Waals surface area contributed by atoms with Crippen LogP contribution in [0.2, 0.25) is 0 Å². The van der Waals surface area contributed by atoms with Gasteiger partial charge in [0.25, 0.3) is 5.91 Å².